The molecule has 2 rings (SSSR count). The summed E-state index contributed by atoms with van der Waals surface area (Å²) in [4.78, 5) is 2.42. The van der Waals surface area contributed by atoms with E-state index in [0.29, 0.717) is 10.9 Å². The van der Waals surface area contributed by atoms with Gasteiger partial charge in [0.15, 0.2) is 0 Å². The first-order valence-corrected chi connectivity index (χ1v) is 8.00. The van der Waals surface area contributed by atoms with E-state index in [0.717, 1.165) is 51.1 Å². The van der Waals surface area contributed by atoms with Crippen molar-refractivity contribution in [2.75, 3.05) is 19.6 Å². The Morgan fingerprint density at radius 3 is 2.60 bits per heavy atom. The van der Waals surface area contributed by atoms with Gasteiger partial charge in [-0.15, -0.1) is 0 Å². The van der Waals surface area contributed by atoms with E-state index in [1.807, 2.05) is 4.68 Å². The second kappa shape index (κ2) is 6.46. The Bertz CT molecular complexity index is 436. The van der Waals surface area contributed by atoms with Crippen LogP contribution in [0.3, 0.4) is 0 Å². The number of nitrogens with zero attached hydrogens (tertiary/aromatic N) is 3. The van der Waals surface area contributed by atoms with Gasteiger partial charge in [0, 0.05) is 26.2 Å². The van der Waals surface area contributed by atoms with Gasteiger partial charge in [-0.1, -0.05) is 32.4 Å². The minimum atomic E-state index is -0.823. The molecule has 1 aliphatic heterocycles. The Morgan fingerprint density at radius 2 is 2.05 bits per heavy atom. The van der Waals surface area contributed by atoms with Crippen LogP contribution in [0.2, 0.25) is 5.02 Å². The van der Waals surface area contributed by atoms with E-state index < -0.39 is 5.60 Å². The van der Waals surface area contributed by atoms with E-state index in [9.17, 15) is 5.11 Å². The molecule has 5 heteroatoms. The first-order chi connectivity index (χ1) is 9.46. The maximum atomic E-state index is 11.0. The summed E-state index contributed by atoms with van der Waals surface area (Å²) in [5, 5.41) is 15.9. The van der Waals surface area contributed by atoms with Crippen molar-refractivity contribution in [1.82, 2.24) is 14.7 Å². The van der Waals surface area contributed by atoms with Crippen molar-refractivity contribution in [3.8, 4) is 0 Å². The maximum absolute atomic E-state index is 11.0. The second-order valence-corrected chi connectivity index (χ2v) is 6.70. The summed E-state index contributed by atoms with van der Waals surface area (Å²) in [6.45, 7) is 10.3. The standard InChI is InChI=1S/C15H26ClN3O/c1-4-7-19-14(13(16)10-17-19)15(20)5-8-18(9-6-15)11-12(2)3/h10,12,20H,4-9,11H2,1-3H3. The number of hydrogen-bond donors (Lipinski definition) is 1. The molecule has 0 bridgehead atoms. The van der Waals surface area contributed by atoms with Crippen LogP contribution in [0.15, 0.2) is 6.20 Å². The molecule has 0 aromatic carbocycles. The molecule has 0 saturated carbocycles. The number of rotatable bonds is 5. The molecule has 0 amide bonds. The molecular weight excluding hydrogens is 274 g/mol. The van der Waals surface area contributed by atoms with E-state index in [4.69, 9.17) is 11.6 Å². The van der Waals surface area contributed by atoms with E-state index in [1.165, 1.54) is 0 Å². The van der Waals surface area contributed by atoms with Crippen molar-refractivity contribution < 1.29 is 5.11 Å². The molecule has 0 unspecified atom stereocenters. The topological polar surface area (TPSA) is 41.3 Å². The van der Waals surface area contributed by atoms with Crippen LogP contribution in [0.4, 0.5) is 0 Å². The highest BCUT2D eigenvalue weighted by molar-refractivity contribution is 6.31. The van der Waals surface area contributed by atoms with E-state index >= 15 is 0 Å². The minimum absolute atomic E-state index is 0.596. The first kappa shape index (κ1) is 15.8. The first-order valence-electron chi connectivity index (χ1n) is 7.63. The quantitative estimate of drug-likeness (QED) is 0.909. The largest absolute Gasteiger partial charge is 0.383 e. The molecule has 1 saturated heterocycles. The van der Waals surface area contributed by atoms with E-state index in [2.05, 4.69) is 30.8 Å². The number of aliphatic hydroxyl groups is 1. The average molecular weight is 300 g/mol. The number of aromatic nitrogens is 2. The molecule has 0 spiro atoms. The van der Waals surface area contributed by atoms with Crippen molar-refractivity contribution in [1.29, 1.82) is 0 Å². The van der Waals surface area contributed by atoms with Gasteiger partial charge >= 0.3 is 0 Å². The monoisotopic (exact) mass is 299 g/mol. The van der Waals surface area contributed by atoms with Crippen LogP contribution in [0.25, 0.3) is 0 Å². The zero-order valence-corrected chi connectivity index (χ0v) is 13.5. The van der Waals surface area contributed by atoms with Crippen molar-refractivity contribution in [3.63, 3.8) is 0 Å². The molecular formula is C15H26ClN3O. The number of piperidine rings is 1. The van der Waals surface area contributed by atoms with Crippen LogP contribution < -0.4 is 0 Å². The second-order valence-electron chi connectivity index (χ2n) is 6.29. The third-order valence-corrected chi connectivity index (χ3v) is 4.25. The molecule has 0 atom stereocenters. The molecule has 114 valence electrons. The lowest BCUT2D eigenvalue weighted by Gasteiger charge is -2.39. The zero-order valence-electron chi connectivity index (χ0n) is 12.8. The Balaban J connectivity index is 2.11. The van der Waals surface area contributed by atoms with Crippen molar-refractivity contribution >= 4 is 11.6 Å². The number of likely N-dealkylation sites (tertiary alicyclic amines) is 1. The Kier molecular flexibility index (Phi) is 5.10. The number of halogens is 1. The summed E-state index contributed by atoms with van der Waals surface area (Å²) < 4.78 is 1.88. The summed E-state index contributed by atoms with van der Waals surface area (Å²) >= 11 is 6.27. The SMILES string of the molecule is CCCn1ncc(Cl)c1C1(O)CCN(CC(C)C)CC1. The average Bonchev–Trinajstić information content (AvgIpc) is 2.74. The van der Waals surface area contributed by atoms with Gasteiger partial charge in [0.05, 0.1) is 16.9 Å². The lowest BCUT2D eigenvalue weighted by atomic mass is 9.87. The lowest BCUT2D eigenvalue weighted by Crippen LogP contribution is -2.44. The molecule has 1 fully saturated rings. The summed E-state index contributed by atoms with van der Waals surface area (Å²) in [6, 6.07) is 0. The Labute approximate surface area is 126 Å². The highest BCUT2D eigenvalue weighted by Gasteiger charge is 2.38. The van der Waals surface area contributed by atoms with E-state index in [-0.39, 0.29) is 0 Å². The van der Waals surface area contributed by atoms with Gasteiger partial charge in [0.25, 0.3) is 0 Å². The van der Waals surface area contributed by atoms with Crippen LogP contribution in [-0.4, -0.2) is 39.4 Å². The number of hydrogen-bond acceptors (Lipinski definition) is 3. The fourth-order valence-electron chi connectivity index (χ4n) is 3.07. The summed E-state index contributed by atoms with van der Waals surface area (Å²) in [6.07, 6.45) is 4.11. The van der Waals surface area contributed by atoms with Gasteiger partial charge < -0.3 is 10.0 Å². The van der Waals surface area contributed by atoms with Gasteiger partial charge in [-0.3, -0.25) is 4.68 Å². The molecule has 1 N–H and O–H groups in total. The predicted molar refractivity (Wildman–Crippen MR) is 81.9 cm³/mol. The molecule has 0 radical (unpaired) electrons. The Morgan fingerprint density at radius 1 is 1.40 bits per heavy atom. The van der Waals surface area contributed by atoms with Crippen molar-refractivity contribution in [2.24, 2.45) is 5.92 Å². The van der Waals surface area contributed by atoms with Crippen molar-refractivity contribution in [2.45, 2.75) is 52.2 Å². The highest BCUT2D eigenvalue weighted by atomic mass is 35.5. The molecule has 0 aliphatic carbocycles. The fourth-order valence-corrected chi connectivity index (χ4v) is 3.38. The van der Waals surface area contributed by atoms with Crippen LogP contribution in [-0.2, 0) is 12.1 Å². The minimum Gasteiger partial charge on any atom is -0.383 e. The molecule has 4 nitrogen and oxygen atoms in total. The predicted octanol–water partition coefficient (Wildman–Crippen LogP) is 2.89. The third kappa shape index (κ3) is 3.35. The van der Waals surface area contributed by atoms with Crippen LogP contribution in [0.5, 0.6) is 0 Å². The van der Waals surface area contributed by atoms with Crippen LogP contribution in [0.1, 0.15) is 45.7 Å². The van der Waals surface area contributed by atoms with Gasteiger partial charge in [0.1, 0.15) is 5.60 Å². The van der Waals surface area contributed by atoms with Crippen molar-refractivity contribution in [3.05, 3.63) is 16.9 Å². The summed E-state index contributed by atoms with van der Waals surface area (Å²) in [7, 11) is 0. The molecule has 1 aromatic heterocycles. The summed E-state index contributed by atoms with van der Waals surface area (Å²) in [5.41, 5.74) is -0.0128. The lowest BCUT2D eigenvalue weighted by molar-refractivity contribution is -0.0345. The van der Waals surface area contributed by atoms with Crippen LogP contribution in [0, 0.1) is 5.92 Å². The van der Waals surface area contributed by atoms with Gasteiger partial charge in [-0.25, -0.2) is 0 Å². The molecule has 20 heavy (non-hydrogen) atoms. The van der Waals surface area contributed by atoms with Crippen LogP contribution >= 0.6 is 11.6 Å². The molecule has 1 aromatic rings. The zero-order chi connectivity index (χ0) is 14.8. The van der Waals surface area contributed by atoms with Gasteiger partial charge in [0.2, 0.25) is 0 Å². The summed E-state index contributed by atoms with van der Waals surface area (Å²) in [5.74, 6) is 0.662. The smallest absolute Gasteiger partial charge is 0.110 e. The van der Waals surface area contributed by atoms with Gasteiger partial charge in [-0.2, -0.15) is 5.10 Å². The molecule has 1 aliphatic rings. The highest BCUT2D eigenvalue weighted by Crippen LogP contribution is 2.37. The fraction of sp³-hybridized carbons (Fsp3) is 0.800. The van der Waals surface area contributed by atoms with Gasteiger partial charge in [-0.05, 0) is 25.2 Å². The van der Waals surface area contributed by atoms with E-state index in [1.54, 1.807) is 6.20 Å². The third-order valence-electron chi connectivity index (χ3n) is 3.98. The molecule has 2 heterocycles. The Hall–Kier alpha value is -0.580. The maximum Gasteiger partial charge on any atom is 0.110 e. The number of aryl methyl sites for hydroxylation is 1. The normalized spacial score (nSPS) is 19.7.